The molecule has 1 N–H and O–H groups in total. The monoisotopic (exact) mass is 430 g/mol. The molecule has 6 nitrogen and oxygen atoms in total. The van der Waals surface area contributed by atoms with Crippen LogP contribution in [0.2, 0.25) is 0 Å². The van der Waals surface area contributed by atoms with Gasteiger partial charge >= 0.3 is 0 Å². The molecule has 6 heteroatoms. The van der Waals surface area contributed by atoms with Crippen LogP contribution in [0.15, 0.2) is 96.6 Å². The molecule has 0 fully saturated rings. The Labute approximate surface area is 188 Å². The number of hydrogen-bond donors (Lipinski definition) is 1. The highest BCUT2D eigenvalue weighted by Crippen LogP contribution is 2.20. The normalized spacial score (nSPS) is 11.5. The Bertz CT molecular complexity index is 1030. The summed E-state index contributed by atoms with van der Waals surface area (Å²) in [6.45, 7) is 6.17. The van der Waals surface area contributed by atoms with E-state index in [0.29, 0.717) is 24.7 Å². The number of hydrazone groups is 1. The summed E-state index contributed by atoms with van der Waals surface area (Å²) in [6, 6.07) is 24.5. The van der Waals surface area contributed by atoms with E-state index in [1.54, 1.807) is 37.3 Å². The van der Waals surface area contributed by atoms with Gasteiger partial charge in [0.2, 0.25) is 0 Å². The number of amides is 1. The summed E-state index contributed by atoms with van der Waals surface area (Å²) in [5, 5.41) is 4.01. The molecule has 164 valence electrons. The van der Waals surface area contributed by atoms with Crippen molar-refractivity contribution in [2.45, 2.75) is 19.6 Å². The van der Waals surface area contributed by atoms with Crippen LogP contribution in [0.1, 0.15) is 18.1 Å². The van der Waals surface area contributed by atoms with E-state index >= 15 is 0 Å². The van der Waals surface area contributed by atoms with E-state index < -0.39 is 6.10 Å². The van der Waals surface area contributed by atoms with Crippen LogP contribution in [-0.2, 0) is 11.4 Å². The predicted molar refractivity (Wildman–Crippen MR) is 125 cm³/mol. The minimum atomic E-state index is -0.726. The standard InChI is InChI=1S/C26H26N2O4/c1-3-17-30-25-12-8-7-11-22(25)18-27-28-26(29)20(2)32-24-15-13-23(14-16-24)31-19-21-9-5-4-6-10-21/h3-16,18,20H,1,17,19H2,2H3,(H,28,29)/b27-18+/t20-/m0/s1. The maximum Gasteiger partial charge on any atom is 0.280 e. The lowest BCUT2D eigenvalue weighted by atomic mass is 10.2. The highest BCUT2D eigenvalue weighted by Gasteiger charge is 2.14. The molecule has 3 aromatic carbocycles. The summed E-state index contributed by atoms with van der Waals surface area (Å²) >= 11 is 0. The van der Waals surface area contributed by atoms with Crippen LogP contribution >= 0.6 is 0 Å². The zero-order chi connectivity index (χ0) is 22.6. The minimum Gasteiger partial charge on any atom is -0.489 e. The molecule has 0 heterocycles. The number of nitrogens with zero attached hydrogens (tertiary/aromatic N) is 1. The smallest absolute Gasteiger partial charge is 0.280 e. The second kappa shape index (κ2) is 12.0. The van der Waals surface area contributed by atoms with Gasteiger partial charge in [-0.25, -0.2) is 5.43 Å². The van der Waals surface area contributed by atoms with Crippen LogP contribution in [0, 0.1) is 0 Å². The molecular formula is C26H26N2O4. The molecule has 0 spiro atoms. The summed E-state index contributed by atoms with van der Waals surface area (Å²) in [4.78, 5) is 12.3. The lowest BCUT2D eigenvalue weighted by Crippen LogP contribution is -2.33. The second-order valence-electron chi connectivity index (χ2n) is 6.88. The van der Waals surface area contributed by atoms with Crippen LogP contribution in [-0.4, -0.2) is 24.8 Å². The van der Waals surface area contributed by atoms with E-state index in [1.165, 1.54) is 6.21 Å². The molecule has 0 aromatic heterocycles. The summed E-state index contributed by atoms with van der Waals surface area (Å²) in [5.41, 5.74) is 4.33. The first-order chi connectivity index (χ1) is 15.7. The van der Waals surface area contributed by atoms with E-state index in [0.717, 1.165) is 16.9 Å². The van der Waals surface area contributed by atoms with Gasteiger partial charge < -0.3 is 14.2 Å². The van der Waals surface area contributed by atoms with E-state index in [-0.39, 0.29) is 5.91 Å². The largest absolute Gasteiger partial charge is 0.489 e. The average molecular weight is 431 g/mol. The predicted octanol–water partition coefficient (Wildman–Crippen LogP) is 4.75. The van der Waals surface area contributed by atoms with Crippen LogP contribution < -0.4 is 19.6 Å². The third-order valence-corrected chi connectivity index (χ3v) is 4.41. The SMILES string of the molecule is C=CCOc1ccccc1/C=N/NC(=O)[C@H](C)Oc1ccc(OCc2ccccc2)cc1. The van der Waals surface area contributed by atoms with E-state index in [2.05, 4.69) is 17.1 Å². The van der Waals surface area contributed by atoms with Gasteiger partial charge in [0.15, 0.2) is 6.10 Å². The first-order valence-electron chi connectivity index (χ1n) is 10.2. The van der Waals surface area contributed by atoms with E-state index in [4.69, 9.17) is 14.2 Å². The fourth-order valence-corrected chi connectivity index (χ4v) is 2.74. The van der Waals surface area contributed by atoms with Crippen LogP contribution in [0.4, 0.5) is 0 Å². The second-order valence-corrected chi connectivity index (χ2v) is 6.88. The fraction of sp³-hybridized carbons (Fsp3) is 0.154. The summed E-state index contributed by atoms with van der Waals surface area (Å²) < 4.78 is 17.0. The number of carbonyl (C=O) groups excluding carboxylic acids is 1. The number of nitrogens with one attached hydrogen (secondary N) is 1. The molecule has 32 heavy (non-hydrogen) atoms. The maximum absolute atomic E-state index is 12.3. The molecule has 0 saturated heterocycles. The molecular weight excluding hydrogens is 404 g/mol. The Morgan fingerprint density at radius 3 is 2.41 bits per heavy atom. The third kappa shape index (κ3) is 7.02. The zero-order valence-corrected chi connectivity index (χ0v) is 17.9. The van der Waals surface area contributed by atoms with E-state index in [1.807, 2.05) is 54.6 Å². The van der Waals surface area contributed by atoms with Gasteiger partial charge in [-0.2, -0.15) is 5.10 Å². The van der Waals surface area contributed by atoms with Gasteiger partial charge in [0.05, 0.1) is 6.21 Å². The van der Waals surface area contributed by atoms with Crippen molar-refractivity contribution in [3.8, 4) is 17.2 Å². The molecule has 0 radical (unpaired) electrons. The van der Waals surface area contributed by atoms with Crippen molar-refractivity contribution in [1.29, 1.82) is 0 Å². The highest BCUT2D eigenvalue weighted by atomic mass is 16.5. The zero-order valence-electron chi connectivity index (χ0n) is 17.9. The molecule has 3 rings (SSSR count). The maximum atomic E-state index is 12.3. The topological polar surface area (TPSA) is 69.2 Å². The van der Waals surface area contributed by atoms with Crippen molar-refractivity contribution < 1.29 is 19.0 Å². The number of carbonyl (C=O) groups is 1. The summed E-state index contributed by atoms with van der Waals surface area (Å²) in [5.74, 6) is 1.58. The molecule has 0 aliphatic rings. The van der Waals surface area contributed by atoms with Gasteiger partial charge in [-0.3, -0.25) is 4.79 Å². The fourth-order valence-electron chi connectivity index (χ4n) is 2.74. The molecule has 0 unspecified atom stereocenters. The van der Waals surface area contributed by atoms with Gasteiger partial charge in [-0.1, -0.05) is 55.1 Å². The Balaban J connectivity index is 1.48. The Hall–Kier alpha value is -4.06. The Kier molecular flexibility index (Phi) is 8.45. The van der Waals surface area contributed by atoms with Gasteiger partial charge in [0, 0.05) is 5.56 Å². The Morgan fingerprint density at radius 2 is 1.66 bits per heavy atom. The lowest BCUT2D eigenvalue weighted by Gasteiger charge is -2.13. The van der Waals surface area contributed by atoms with Gasteiger partial charge in [-0.15, -0.1) is 0 Å². The number of ether oxygens (including phenoxy) is 3. The number of hydrogen-bond acceptors (Lipinski definition) is 5. The first kappa shape index (κ1) is 22.6. The molecule has 0 aliphatic carbocycles. The molecule has 1 atom stereocenters. The average Bonchev–Trinajstić information content (AvgIpc) is 2.83. The van der Waals surface area contributed by atoms with E-state index in [9.17, 15) is 4.79 Å². The summed E-state index contributed by atoms with van der Waals surface area (Å²) in [6.07, 6.45) is 2.47. The van der Waals surface area contributed by atoms with Crippen LogP contribution in [0.3, 0.4) is 0 Å². The van der Waals surface area contributed by atoms with Crippen molar-refractivity contribution in [2.24, 2.45) is 5.10 Å². The number of rotatable bonds is 11. The minimum absolute atomic E-state index is 0.366. The molecule has 1 amide bonds. The first-order valence-corrected chi connectivity index (χ1v) is 10.2. The van der Waals surface area contributed by atoms with Gasteiger partial charge in [-0.05, 0) is 48.9 Å². The number of para-hydroxylation sites is 1. The highest BCUT2D eigenvalue weighted by molar-refractivity contribution is 5.86. The lowest BCUT2D eigenvalue weighted by molar-refractivity contribution is -0.127. The van der Waals surface area contributed by atoms with Gasteiger partial charge in [0.1, 0.15) is 30.5 Å². The van der Waals surface area contributed by atoms with Crippen molar-refractivity contribution in [1.82, 2.24) is 5.43 Å². The Morgan fingerprint density at radius 1 is 0.969 bits per heavy atom. The van der Waals surface area contributed by atoms with Crippen molar-refractivity contribution in [3.63, 3.8) is 0 Å². The quantitative estimate of drug-likeness (QED) is 0.271. The molecule has 0 bridgehead atoms. The van der Waals surface area contributed by atoms with Crippen LogP contribution in [0.25, 0.3) is 0 Å². The molecule has 0 saturated carbocycles. The number of benzene rings is 3. The van der Waals surface area contributed by atoms with Crippen molar-refractivity contribution in [3.05, 3.63) is 103 Å². The van der Waals surface area contributed by atoms with Gasteiger partial charge in [0.25, 0.3) is 5.91 Å². The molecule has 0 aliphatic heterocycles. The molecule has 3 aromatic rings. The van der Waals surface area contributed by atoms with Crippen molar-refractivity contribution in [2.75, 3.05) is 6.61 Å². The third-order valence-electron chi connectivity index (χ3n) is 4.41. The van der Waals surface area contributed by atoms with Crippen molar-refractivity contribution >= 4 is 12.1 Å². The van der Waals surface area contributed by atoms with Crippen LogP contribution in [0.5, 0.6) is 17.2 Å². The summed E-state index contributed by atoms with van der Waals surface area (Å²) in [7, 11) is 0.